The summed E-state index contributed by atoms with van der Waals surface area (Å²) in [7, 11) is 0. The van der Waals surface area contributed by atoms with E-state index in [-0.39, 0.29) is 19.1 Å². The van der Waals surface area contributed by atoms with Gasteiger partial charge in [-0.15, -0.1) is 0 Å². The van der Waals surface area contributed by atoms with Crippen molar-refractivity contribution in [2.45, 2.75) is 34.2 Å². The van der Waals surface area contributed by atoms with Gasteiger partial charge in [0.05, 0.1) is 23.5 Å². The number of ether oxygens (including phenoxy) is 1. The van der Waals surface area contributed by atoms with Gasteiger partial charge in [-0.1, -0.05) is 18.2 Å². The van der Waals surface area contributed by atoms with Crippen molar-refractivity contribution in [3.63, 3.8) is 0 Å². The Labute approximate surface area is 170 Å². The molecule has 0 unspecified atom stereocenters. The molecule has 2 aromatic heterocycles. The molecule has 0 aliphatic carbocycles. The maximum Gasteiger partial charge on any atom is 0.293 e. The van der Waals surface area contributed by atoms with Crippen LogP contribution in [-0.2, 0) is 16.1 Å². The van der Waals surface area contributed by atoms with Crippen LogP contribution in [0.25, 0.3) is 5.65 Å². The maximum absolute atomic E-state index is 12.6. The second kappa shape index (κ2) is 8.77. The van der Waals surface area contributed by atoms with Gasteiger partial charge >= 0.3 is 0 Å². The number of rotatable bonds is 8. The highest BCUT2D eigenvalue weighted by molar-refractivity contribution is 5.96. The highest BCUT2D eigenvalue weighted by Crippen LogP contribution is 2.24. The monoisotopic (exact) mass is 394 g/mol. The first-order valence-electron chi connectivity index (χ1n) is 9.54. The number of carbonyl (C=O) groups is 2. The number of nitrogens with zero attached hydrogens (tertiary/aromatic N) is 2. The van der Waals surface area contributed by atoms with Crippen molar-refractivity contribution in [2.75, 3.05) is 18.5 Å². The van der Waals surface area contributed by atoms with Gasteiger partial charge in [-0.2, -0.15) is 0 Å². The Kier molecular flexibility index (Phi) is 6.16. The molecule has 2 heterocycles. The van der Waals surface area contributed by atoms with Crippen LogP contribution in [0.3, 0.4) is 0 Å². The third kappa shape index (κ3) is 4.39. The zero-order valence-electron chi connectivity index (χ0n) is 17.2. The van der Waals surface area contributed by atoms with E-state index in [9.17, 15) is 9.59 Å². The fourth-order valence-corrected chi connectivity index (χ4v) is 3.31. The van der Waals surface area contributed by atoms with Crippen LogP contribution < -0.4 is 10.6 Å². The molecule has 0 radical (unpaired) electrons. The fourth-order valence-electron chi connectivity index (χ4n) is 3.31. The van der Waals surface area contributed by atoms with Crippen molar-refractivity contribution in [2.24, 2.45) is 0 Å². The molecule has 3 aromatic rings. The van der Waals surface area contributed by atoms with Crippen molar-refractivity contribution >= 4 is 23.7 Å². The largest absolute Gasteiger partial charge is 0.466 e. The molecule has 0 aliphatic rings. The SMILES string of the molecule is Cc1cccc(C)c1CNc1cc(C(=O)NCCOC=O)cn2c(C)c(C)nc12. The van der Waals surface area contributed by atoms with Crippen LogP contribution in [0, 0.1) is 27.7 Å². The van der Waals surface area contributed by atoms with Gasteiger partial charge < -0.3 is 19.8 Å². The fraction of sp³-hybridized carbons (Fsp3) is 0.318. The molecule has 29 heavy (non-hydrogen) atoms. The van der Waals surface area contributed by atoms with Crippen LogP contribution >= 0.6 is 0 Å². The summed E-state index contributed by atoms with van der Waals surface area (Å²) >= 11 is 0. The molecule has 3 rings (SSSR count). The van der Waals surface area contributed by atoms with E-state index in [2.05, 4.69) is 46.3 Å². The van der Waals surface area contributed by atoms with Gasteiger partial charge in [0.1, 0.15) is 6.61 Å². The van der Waals surface area contributed by atoms with Crippen LogP contribution in [0.15, 0.2) is 30.5 Å². The third-order valence-corrected chi connectivity index (χ3v) is 5.13. The summed E-state index contributed by atoms with van der Waals surface area (Å²) in [6.07, 6.45) is 1.78. The molecule has 0 aliphatic heterocycles. The van der Waals surface area contributed by atoms with Crippen molar-refractivity contribution in [3.05, 3.63) is 64.1 Å². The molecular formula is C22H26N4O3. The standard InChI is InChI=1S/C22H26N4O3/c1-14-6-5-7-15(2)19(14)11-24-20-10-18(22(28)23-8-9-29-13-27)12-26-17(4)16(3)25-21(20)26/h5-7,10,12-13,24H,8-9,11H2,1-4H3,(H,23,28). The summed E-state index contributed by atoms with van der Waals surface area (Å²) < 4.78 is 6.55. The van der Waals surface area contributed by atoms with Gasteiger partial charge in [-0.05, 0) is 50.5 Å². The number of fused-ring (bicyclic) bond motifs is 1. The quantitative estimate of drug-likeness (QED) is 0.453. The van der Waals surface area contributed by atoms with E-state index in [1.165, 1.54) is 16.7 Å². The van der Waals surface area contributed by atoms with Crippen LogP contribution in [0.2, 0.25) is 0 Å². The van der Waals surface area contributed by atoms with Crippen LogP contribution in [0.5, 0.6) is 0 Å². The number of benzene rings is 1. The summed E-state index contributed by atoms with van der Waals surface area (Å²) in [4.78, 5) is 27.5. The number of aromatic nitrogens is 2. The third-order valence-electron chi connectivity index (χ3n) is 5.13. The molecule has 0 fully saturated rings. The van der Waals surface area contributed by atoms with Crippen LogP contribution in [0.1, 0.15) is 38.4 Å². The highest BCUT2D eigenvalue weighted by atomic mass is 16.5. The molecule has 0 spiro atoms. The van der Waals surface area contributed by atoms with Gasteiger partial charge in [0.25, 0.3) is 12.4 Å². The van der Waals surface area contributed by atoms with E-state index in [4.69, 9.17) is 0 Å². The zero-order chi connectivity index (χ0) is 21.0. The molecule has 7 heteroatoms. The minimum Gasteiger partial charge on any atom is -0.466 e. The minimum absolute atomic E-state index is 0.137. The van der Waals surface area contributed by atoms with E-state index in [0.717, 1.165) is 22.7 Å². The normalized spacial score (nSPS) is 10.8. The van der Waals surface area contributed by atoms with Crippen molar-refractivity contribution < 1.29 is 14.3 Å². The summed E-state index contributed by atoms with van der Waals surface area (Å²) in [6.45, 7) is 9.51. The summed E-state index contributed by atoms with van der Waals surface area (Å²) in [6, 6.07) is 8.04. The molecule has 152 valence electrons. The average Bonchev–Trinajstić information content (AvgIpc) is 2.99. The summed E-state index contributed by atoms with van der Waals surface area (Å²) in [5.41, 5.74) is 7.64. The van der Waals surface area contributed by atoms with Gasteiger partial charge in [0.15, 0.2) is 5.65 Å². The Morgan fingerprint density at radius 3 is 2.62 bits per heavy atom. The zero-order valence-corrected chi connectivity index (χ0v) is 17.2. The van der Waals surface area contributed by atoms with E-state index in [1.807, 2.05) is 30.4 Å². The van der Waals surface area contributed by atoms with Crippen molar-refractivity contribution in [1.29, 1.82) is 0 Å². The van der Waals surface area contributed by atoms with E-state index < -0.39 is 0 Å². The maximum atomic E-state index is 12.6. The highest BCUT2D eigenvalue weighted by Gasteiger charge is 2.15. The first kappa shape index (κ1) is 20.4. The Hall–Kier alpha value is -3.35. The van der Waals surface area contributed by atoms with E-state index >= 15 is 0 Å². The predicted molar refractivity (Wildman–Crippen MR) is 112 cm³/mol. The lowest BCUT2D eigenvalue weighted by Gasteiger charge is -2.14. The van der Waals surface area contributed by atoms with Crippen LogP contribution in [0.4, 0.5) is 5.69 Å². The van der Waals surface area contributed by atoms with Gasteiger partial charge in [-0.25, -0.2) is 4.98 Å². The summed E-state index contributed by atoms with van der Waals surface area (Å²) in [5.74, 6) is -0.234. The number of imidazole rings is 1. The lowest BCUT2D eigenvalue weighted by atomic mass is 10.0. The van der Waals surface area contributed by atoms with Gasteiger partial charge in [-0.3, -0.25) is 9.59 Å². The number of hydrogen-bond acceptors (Lipinski definition) is 5. The van der Waals surface area contributed by atoms with Gasteiger partial charge in [0.2, 0.25) is 0 Å². The van der Waals surface area contributed by atoms with Crippen molar-refractivity contribution in [3.8, 4) is 0 Å². The average molecular weight is 394 g/mol. The number of anilines is 1. The lowest BCUT2D eigenvalue weighted by molar-refractivity contribution is -0.128. The lowest BCUT2D eigenvalue weighted by Crippen LogP contribution is -2.27. The Balaban J connectivity index is 1.91. The molecule has 0 bridgehead atoms. The first-order chi connectivity index (χ1) is 13.9. The second-order valence-electron chi connectivity index (χ2n) is 7.07. The number of hydrogen-bond donors (Lipinski definition) is 2. The van der Waals surface area contributed by atoms with Gasteiger partial charge in [0, 0.05) is 18.4 Å². The van der Waals surface area contributed by atoms with Crippen molar-refractivity contribution in [1.82, 2.24) is 14.7 Å². The molecule has 1 amide bonds. The number of pyridine rings is 1. The Morgan fingerprint density at radius 2 is 1.93 bits per heavy atom. The van der Waals surface area contributed by atoms with E-state index in [1.54, 1.807) is 6.20 Å². The number of nitrogens with one attached hydrogen (secondary N) is 2. The molecular weight excluding hydrogens is 368 g/mol. The number of amides is 1. The van der Waals surface area contributed by atoms with Crippen LogP contribution in [-0.4, -0.2) is 34.9 Å². The molecule has 0 atom stereocenters. The molecule has 1 aromatic carbocycles. The minimum atomic E-state index is -0.234. The predicted octanol–water partition coefficient (Wildman–Crippen LogP) is 3.08. The molecule has 0 saturated heterocycles. The Bertz CT molecular complexity index is 1040. The first-order valence-corrected chi connectivity index (χ1v) is 9.54. The molecule has 7 nitrogen and oxygen atoms in total. The Morgan fingerprint density at radius 1 is 1.21 bits per heavy atom. The molecule has 2 N–H and O–H groups in total. The second-order valence-corrected chi connectivity index (χ2v) is 7.07. The van der Waals surface area contributed by atoms with E-state index in [0.29, 0.717) is 18.6 Å². The number of carbonyl (C=O) groups excluding carboxylic acids is 2. The smallest absolute Gasteiger partial charge is 0.293 e. The molecule has 0 saturated carbocycles. The summed E-state index contributed by atoms with van der Waals surface area (Å²) in [5, 5.41) is 6.22. The topological polar surface area (TPSA) is 84.7 Å². The number of aryl methyl sites for hydroxylation is 4.